The first-order valence-electron chi connectivity index (χ1n) is 10.3. The summed E-state index contributed by atoms with van der Waals surface area (Å²) in [6.07, 6.45) is 0. The van der Waals surface area contributed by atoms with E-state index in [9.17, 15) is 18.8 Å². The zero-order chi connectivity index (χ0) is 23.5. The molecule has 0 aliphatic rings. The number of carbonyl (C=O) groups is 1. The number of nitrogens with zero attached hydrogens (tertiary/aromatic N) is 2. The minimum Gasteiger partial charge on any atom is -0.497 e. The summed E-state index contributed by atoms with van der Waals surface area (Å²) in [5.41, 5.74) is 0.340. The highest BCUT2D eigenvalue weighted by Gasteiger charge is 2.22. The first-order valence-corrected chi connectivity index (χ1v) is 10.3. The van der Waals surface area contributed by atoms with Gasteiger partial charge < -0.3 is 10.1 Å². The van der Waals surface area contributed by atoms with Crippen LogP contribution in [0.15, 0.2) is 82.4 Å². The molecule has 168 valence electrons. The molecule has 0 radical (unpaired) electrons. The van der Waals surface area contributed by atoms with E-state index in [1.165, 1.54) is 23.8 Å². The summed E-state index contributed by atoms with van der Waals surface area (Å²) in [7, 11) is 1.52. The lowest BCUT2D eigenvalue weighted by atomic mass is 10.2. The third kappa shape index (κ3) is 4.27. The molecule has 4 aromatic rings. The van der Waals surface area contributed by atoms with Crippen molar-refractivity contribution in [1.29, 1.82) is 0 Å². The molecule has 1 atom stereocenters. The molecule has 33 heavy (non-hydrogen) atoms. The van der Waals surface area contributed by atoms with Gasteiger partial charge in [-0.15, -0.1) is 0 Å². The molecular weight excluding hydrogens is 425 g/mol. The van der Waals surface area contributed by atoms with Gasteiger partial charge in [0, 0.05) is 6.54 Å². The number of para-hydroxylation sites is 1. The van der Waals surface area contributed by atoms with Gasteiger partial charge in [0.25, 0.3) is 5.56 Å². The van der Waals surface area contributed by atoms with E-state index in [-0.39, 0.29) is 12.4 Å². The Morgan fingerprint density at radius 3 is 2.33 bits per heavy atom. The summed E-state index contributed by atoms with van der Waals surface area (Å²) in [4.78, 5) is 39.6. The maximum Gasteiger partial charge on any atom is 0.336 e. The topological polar surface area (TPSA) is 82.3 Å². The highest BCUT2D eigenvalue weighted by atomic mass is 19.1. The second-order valence-corrected chi connectivity index (χ2v) is 7.53. The van der Waals surface area contributed by atoms with Crippen LogP contribution in [-0.4, -0.2) is 22.2 Å². The fourth-order valence-electron chi connectivity index (χ4n) is 3.67. The van der Waals surface area contributed by atoms with Crippen molar-refractivity contribution in [2.75, 3.05) is 7.11 Å². The van der Waals surface area contributed by atoms with E-state index >= 15 is 0 Å². The lowest BCUT2D eigenvalue weighted by Gasteiger charge is -2.19. The van der Waals surface area contributed by atoms with Gasteiger partial charge >= 0.3 is 5.69 Å². The van der Waals surface area contributed by atoms with Gasteiger partial charge in [0.2, 0.25) is 5.91 Å². The number of methoxy groups -OCH3 is 1. The Morgan fingerprint density at radius 2 is 1.67 bits per heavy atom. The molecule has 1 heterocycles. The quantitative estimate of drug-likeness (QED) is 0.492. The Bertz CT molecular complexity index is 1420. The largest absolute Gasteiger partial charge is 0.497 e. The minimum absolute atomic E-state index is 0.175. The SMILES string of the molecule is COc1ccc(-n2c(=O)c3ccccc3n(C(C)C(=O)NCc3ccc(F)cc3)c2=O)cc1. The molecule has 0 saturated carbocycles. The van der Waals surface area contributed by atoms with Crippen LogP contribution < -0.4 is 21.3 Å². The molecule has 1 unspecified atom stereocenters. The second kappa shape index (κ2) is 9.12. The molecule has 0 fully saturated rings. The molecule has 0 aliphatic carbocycles. The molecule has 1 amide bonds. The third-order valence-corrected chi connectivity index (χ3v) is 5.47. The minimum atomic E-state index is -0.909. The molecule has 1 aromatic heterocycles. The molecule has 0 saturated heterocycles. The van der Waals surface area contributed by atoms with E-state index in [0.717, 1.165) is 10.1 Å². The summed E-state index contributed by atoms with van der Waals surface area (Å²) in [6, 6.07) is 18.1. The van der Waals surface area contributed by atoms with E-state index < -0.39 is 23.2 Å². The molecule has 3 aromatic carbocycles. The van der Waals surface area contributed by atoms with Crippen molar-refractivity contribution < 1.29 is 13.9 Å². The van der Waals surface area contributed by atoms with Crippen molar-refractivity contribution in [1.82, 2.24) is 14.5 Å². The molecule has 7 nitrogen and oxygen atoms in total. The van der Waals surface area contributed by atoms with Crippen LogP contribution in [0, 0.1) is 5.82 Å². The van der Waals surface area contributed by atoms with E-state index in [2.05, 4.69) is 5.32 Å². The normalized spacial score (nSPS) is 11.8. The number of carbonyl (C=O) groups excluding carboxylic acids is 1. The lowest BCUT2D eigenvalue weighted by molar-refractivity contribution is -0.124. The number of nitrogens with one attached hydrogen (secondary N) is 1. The average Bonchev–Trinajstić information content (AvgIpc) is 2.84. The van der Waals surface area contributed by atoms with Gasteiger partial charge in [0.1, 0.15) is 17.6 Å². The number of aromatic nitrogens is 2. The van der Waals surface area contributed by atoms with Crippen molar-refractivity contribution in [3.63, 3.8) is 0 Å². The van der Waals surface area contributed by atoms with E-state index in [1.807, 2.05) is 0 Å². The molecular formula is C25H22FN3O4. The van der Waals surface area contributed by atoms with Crippen LogP contribution in [0.4, 0.5) is 4.39 Å². The van der Waals surface area contributed by atoms with E-state index in [4.69, 9.17) is 4.74 Å². The molecule has 4 rings (SSSR count). The van der Waals surface area contributed by atoms with Crippen molar-refractivity contribution in [3.05, 3.63) is 105 Å². The fourth-order valence-corrected chi connectivity index (χ4v) is 3.67. The smallest absolute Gasteiger partial charge is 0.336 e. The number of hydrogen-bond donors (Lipinski definition) is 1. The van der Waals surface area contributed by atoms with Gasteiger partial charge in [-0.1, -0.05) is 24.3 Å². The summed E-state index contributed by atoms with van der Waals surface area (Å²) >= 11 is 0. The number of amides is 1. The average molecular weight is 447 g/mol. The highest BCUT2D eigenvalue weighted by Crippen LogP contribution is 2.17. The Labute approximate surface area is 188 Å². The first-order chi connectivity index (χ1) is 15.9. The van der Waals surface area contributed by atoms with E-state index in [0.29, 0.717) is 22.3 Å². The summed E-state index contributed by atoms with van der Waals surface area (Å²) in [5, 5.41) is 3.08. The predicted octanol–water partition coefficient (Wildman–Crippen LogP) is 3.18. The fraction of sp³-hybridized carbons (Fsp3) is 0.160. The lowest BCUT2D eigenvalue weighted by Crippen LogP contribution is -2.43. The second-order valence-electron chi connectivity index (χ2n) is 7.53. The van der Waals surface area contributed by atoms with Crippen LogP contribution in [0.2, 0.25) is 0 Å². The Morgan fingerprint density at radius 1 is 1.00 bits per heavy atom. The van der Waals surface area contributed by atoms with Crippen molar-refractivity contribution in [2.45, 2.75) is 19.5 Å². The molecule has 0 spiro atoms. The maximum absolute atomic E-state index is 13.5. The van der Waals surface area contributed by atoms with Crippen LogP contribution in [0.5, 0.6) is 5.75 Å². The Balaban J connectivity index is 1.77. The zero-order valence-corrected chi connectivity index (χ0v) is 18.1. The van der Waals surface area contributed by atoms with Gasteiger partial charge in [-0.05, 0) is 61.0 Å². The number of hydrogen-bond acceptors (Lipinski definition) is 4. The van der Waals surface area contributed by atoms with Crippen LogP contribution in [-0.2, 0) is 11.3 Å². The van der Waals surface area contributed by atoms with E-state index in [1.54, 1.807) is 67.6 Å². The van der Waals surface area contributed by atoms with Gasteiger partial charge in [0.15, 0.2) is 0 Å². The summed E-state index contributed by atoms with van der Waals surface area (Å²) in [6.45, 7) is 1.77. The van der Waals surface area contributed by atoms with Gasteiger partial charge in [-0.25, -0.2) is 13.8 Å². The number of fused-ring (bicyclic) bond motifs is 1. The zero-order valence-electron chi connectivity index (χ0n) is 18.1. The Kier molecular flexibility index (Phi) is 6.08. The van der Waals surface area contributed by atoms with Crippen LogP contribution in [0.3, 0.4) is 0 Å². The molecule has 0 aliphatic heterocycles. The number of rotatable bonds is 6. The van der Waals surface area contributed by atoms with Gasteiger partial charge in [-0.3, -0.25) is 14.2 Å². The third-order valence-electron chi connectivity index (χ3n) is 5.47. The van der Waals surface area contributed by atoms with Crippen LogP contribution in [0.1, 0.15) is 18.5 Å². The highest BCUT2D eigenvalue weighted by molar-refractivity contribution is 5.84. The van der Waals surface area contributed by atoms with Crippen LogP contribution in [0.25, 0.3) is 16.6 Å². The summed E-state index contributed by atoms with van der Waals surface area (Å²) < 4.78 is 20.6. The molecule has 8 heteroatoms. The van der Waals surface area contributed by atoms with Crippen molar-refractivity contribution >= 4 is 16.8 Å². The van der Waals surface area contributed by atoms with Gasteiger partial charge in [-0.2, -0.15) is 0 Å². The predicted molar refractivity (Wildman–Crippen MR) is 123 cm³/mol. The van der Waals surface area contributed by atoms with Crippen LogP contribution >= 0.6 is 0 Å². The molecule has 0 bridgehead atoms. The standard InChI is InChI=1S/C25H22FN3O4/c1-16(23(30)27-15-17-7-9-18(26)10-8-17)28-22-6-4-3-5-21(22)24(31)29(25(28)32)19-11-13-20(33-2)14-12-19/h3-14,16H,15H2,1-2H3,(H,27,30). The maximum atomic E-state index is 13.5. The molecule has 1 N–H and O–H groups in total. The van der Waals surface area contributed by atoms with Crippen molar-refractivity contribution in [2.24, 2.45) is 0 Å². The number of benzene rings is 3. The monoisotopic (exact) mass is 447 g/mol. The van der Waals surface area contributed by atoms with Crippen molar-refractivity contribution in [3.8, 4) is 11.4 Å². The Hall–Kier alpha value is -4.20. The summed E-state index contributed by atoms with van der Waals surface area (Å²) in [5.74, 6) is -0.190. The van der Waals surface area contributed by atoms with Gasteiger partial charge in [0.05, 0.1) is 23.7 Å². The number of halogens is 1. The first kappa shape index (κ1) is 22.0. The number of ether oxygens (including phenoxy) is 1.